The highest BCUT2D eigenvalue weighted by Crippen LogP contribution is 2.13. The summed E-state index contributed by atoms with van der Waals surface area (Å²) in [6, 6.07) is 3.84. The van der Waals surface area contributed by atoms with Crippen molar-refractivity contribution in [2.75, 3.05) is 13.2 Å². The maximum Gasteiger partial charge on any atom is 0.270 e. The molecule has 2 aromatic rings. The molecule has 0 atom stereocenters. The predicted octanol–water partition coefficient (Wildman–Crippen LogP) is 0.673. The van der Waals surface area contributed by atoms with Gasteiger partial charge in [-0.15, -0.1) is 0 Å². The van der Waals surface area contributed by atoms with Crippen molar-refractivity contribution < 1.29 is 9.90 Å². The van der Waals surface area contributed by atoms with E-state index in [4.69, 9.17) is 5.11 Å². The van der Waals surface area contributed by atoms with Crippen LogP contribution in [0, 0.1) is 13.8 Å². The zero-order chi connectivity index (χ0) is 12.4. The van der Waals surface area contributed by atoms with Crippen LogP contribution in [-0.4, -0.2) is 33.6 Å². The first-order chi connectivity index (χ1) is 8.13. The number of nitrogens with one attached hydrogen (secondary N) is 1. The van der Waals surface area contributed by atoms with Crippen LogP contribution in [-0.2, 0) is 0 Å². The molecule has 1 amide bonds. The molecule has 2 N–H and O–H groups in total. The molecule has 0 aromatic carbocycles. The second-order valence-electron chi connectivity index (χ2n) is 3.96. The van der Waals surface area contributed by atoms with Crippen LogP contribution in [0.4, 0.5) is 0 Å². The molecule has 0 bridgehead atoms. The highest BCUT2D eigenvalue weighted by molar-refractivity contribution is 5.94. The molecule has 0 fully saturated rings. The van der Waals surface area contributed by atoms with Crippen LogP contribution >= 0.6 is 0 Å². The molecule has 0 aliphatic carbocycles. The van der Waals surface area contributed by atoms with Gasteiger partial charge < -0.3 is 10.4 Å². The standard InChI is InChI=1S/C12H15N3O2/c1-8-3-4-10-14-9(2)11(15(10)7-8)12(17)13-5-6-16/h3-4,7,16H,5-6H2,1-2H3,(H,13,17). The first-order valence-corrected chi connectivity index (χ1v) is 5.48. The summed E-state index contributed by atoms with van der Waals surface area (Å²) in [7, 11) is 0. The quantitative estimate of drug-likeness (QED) is 0.819. The lowest BCUT2D eigenvalue weighted by Gasteiger charge is -2.04. The second-order valence-corrected chi connectivity index (χ2v) is 3.96. The minimum Gasteiger partial charge on any atom is -0.395 e. The molecule has 0 saturated carbocycles. The van der Waals surface area contributed by atoms with Crippen LogP contribution in [0.15, 0.2) is 18.3 Å². The SMILES string of the molecule is Cc1ccc2nc(C)c(C(=O)NCCO)n2c1. The number of aliphatic hydroxyl groups excluding tert-OH is 1. The minimum absolute atomic E-state index is 0.0689. The van der Waals surface area contributed by atoms with Gasteiger partial charge in [0.25, 0.3) is 5.91 Å². The normalized spacial score (nSPS) is 10.8. The molecule has 0 aliphatic heterocycles. The predicted molar refractivity (Wildman–Crippen MR) is 64.1 cm³/mol. The molecule has 2 rings (SSSR count). The van der Waals surface area contributed by atoms with Gasteiger partial charge in [0.15, 0.2) is 0 Å². The molecule has 5 heteroatoms. The van der Waals surface area contributed by atoms with Gasteiger partial charge in [0.2, 0.25) is 0 Å². The van der Waals surface area contributed by atoms with Crippen LogP contribution in [0.5, 0.6) is 0 Å². The molecule has 0 saturated heterocycles. The first kappa shape index (κ1) is 11.6. The maximum atomic E-state index is 11.9. The first-order valence-electron chi connectivity index (χ1n) is 5.48. The number of hydrogen-bond acceptors (Lipinski definition) is 3. The Morgan fingerprint density at radius 2 is 2.24 bits per heavy atom. The molecule has 0 spiro atoms. The summed E-state index contributed by atoms with van der Waals surface area (Å²) in [5.41, 5.74) is 3.02. The number of aliphatic hydroxyl groups is 1. The van der Waals surface area contributed by atoms with Crippen molar-refractivity contribution in [2.24, 2.45) is 0 Å². The molecule has 2 heterocycles. The van der Waals surface area contributed by atoms with E-state index in [2.05, 4.69) is 10.3 Å². The average Bonchev–Trinajstić information content (AvgIpc) is 2.61. The van der Waals surface area contributed by atoms with E-state index in [1.54, 1.807) is 11.3 Å². The lowest BCUT2D eigenvalue weighted by molar-refractivity contribution is 0.0938. The summed E-state index contributed by atoms with van der Waals surface area (Å²) in [5.74, 6) is -0.213. The Bertz CT molecular complexity index is 560. The lowest BCUT2D eigenvalue weighted by Crippen LogP contribution is -2.28. The van der Waals surface area contributed by atoms with E-state index in [1.807, 2.05) is 25.3 Å². The third-order valence-electron chi connectivity index (χ3n) is 2.55. The highest BCUT2D eigenvalue weighted by atomic mass is 16.3. The number of nitrogens with zero attached hydrogens (tertiary/aromatic N) is 2. The van der Waals surface area contributed by atoms with Crippen molar-refractivity contribution in [3.8, 4) is 0 Å². The molecule has 0 aliphatic rings. The van der Waals surface area contributed by atoms with Gasteiger partial charge in [-0.25, -0.2) is 4.98 Å². The van der Waals surface area contributed by atoms with Crippen LogP contribution in [0.2, 0.25) is 0 Å². The van der Waals surface area contributed by atoms with E-state index in [1.165, 1.54) is 0 Å². The summed E-state index contributed by atoms with van der Waals surface area (Å²) in [4.78, 5) is 16.3. The average molecular weight is 233 g/mol. The fourth-order valence-electron chi connectivity index (χ4n) is 1.80. The third kappa shape index (κ3) is 2.14. The van der Waals surface area contributed by atoms with Crippen LogP contribution in [0.25, 0.3) is 5.65 Å². The van der Waals surface area contributed by atoms with Gasteiger partial charge in [-0.05, 0) is 25.5 Å². The lowest BCUT2D eigenvalue weighted by atomic mass is 10.3. The molecule has 2 aromatic heterocycles. The summed E-state index contributed by atoms with van der Waals surface area (Å²) >= 11 is 0. The monoisotopic (exact) mass is 233 g/mol. The minimum atomic E-state index is -0.213. The number of amides is 1. The van der Waals surface area contributed by atoms with Gasteiger partial charge in [-0.2, -0.15) is 0 Å². The van der Waals surface area contributed by atoms with Crippen LogP contribution < -0.4 is 5.32 Å². The van der Waals surface area contributed by atoms with Gasteiger partial charge in [0, 0.05) is 12.7 Å². The molecule has 0 unspecified atom stereocenters. The van der Waals surface area contributed by atoms with Crippen LogP contribution in [0.1, 0.15) is 21.7 Å². The zero-order valence-corrected chi connectivity index (χ0v) is 9.90. The highest BCUT2D eigenvalue weighted by Gasteiger charge is 2.15. The van der Waals surface area contributed by atoms with E-state index in [0.717, 1.165) is 11.2 Å². The van der Waals surface area contributed by atoms with Crippen molar-refractivity contribution in [1.82, 2.24) is 14.7 Å². The Labute approximate surface area is 99.1 Å². The largest absolute Gasteiger partial charge is 0.395 e. The van der Waals surface area contributed by atoms with Gasteiger partial charge in [0.1, 0.15) is 11.3 Å². The van der Waals surface area contributed by atoms with Crippen LogP contribution in [0.3, 0.4) is 0 Å². The number of aryl methyl sites for hydroxylation is 2. The fourth-order valence-corrected chi connectivity index (χ4v) is 1.80. The van der Waals surface area contributed by atoms with Crippen molar-refractivity contribution in [1.29, 1.82) is 0 Å². The van der Waals surface area contributed by atoms with E-state index >= 15 is 0 Å². The van der Waals surface area contributed by atoms with E-state index in [9.17, 15) is 4.79 Å². The number of fused-ring (bicyclic) bond motifs is 1. The number of aromatic nitrogens is 2. The zero-order valence-electron chi connectivity index (χ0n) is 9.90. The second kappa shape index (κ2) is 4.55. The summed E-state index contributed by atoms with van der Waals surface area (Å²) in [5, 5.41) is 11.3. The van der Waals surface area contributed by atoms with Crippen molar-refractivity contribution in [3.05, 3.63) is 35.3 Å². The molecule has 5 nitrogen and oxygen atoms in total. The molecule has 17 heavy (non-hydrogen) atoms. The maximum absolute atomic E-state index is 11.9. The summed E-state index contributed by atoms with van der Waals surface area (Å²) < 4.78 is 1.78. The molecular weight excluding hydrogens is 218 g/mol. The van der Waals surface area contributed by atoms with Gasteiger partial charge >= 0.3 is 0 Å². The van der Waals surface area contributed by atoms with E-state index < -0.39 is 0 Å². The van der Waals surface area contributed by atoms with Gasteiger partial charge in [-0.3, -0.25) is 9.20 Å². The Balaban J connectivity index is 2.48. The molecule has 0 radical (unpaired) electrons. The molecule has 90 valence electrons. The fraction of sp³-hybridized carbons (Fsp3) is 0.333. The Kier molecular flexibility index (Phi) is 3.10. The molecular formula is C12H15N3O2. The Morgan fingerprint density at radius 1 is 1.47 bits per heavy atom. The number of pyridine rings is 1. The van der Waals surface area contributed by atoms with Gasteiger partial charge in [-0.1, -0.05) is 6.07 Å². The summed E-state index contributed by atoms with van der Waals surface area (Å²) in [6.07, 6.45) is 1.88. The van der Waals surface area contributed by atoms with Crippen molar-refractivity contribution in [2.45, 2.75) is 13.8 Å². The van der Waals surface area contributed by atoms with Crippen molar-refractivity contribution >= 4 is 11.6 Å². The number of carbonyl (C=O) groups excluding carboxylic acids is 1. The summed E-state index contributed by atoms with van der Waals surface area (Å²) in [6.45, 7) is 3.94. The number of hydrogen-bond donors (Lipinski definition) is 2. The van der Waals surface area contributed by atoms with Gasteiger partial charge in [0.05, 0.1) is 12.3 Å². The Morgan fingerprint density at radius 3 is 2.94 bits per heavy atom. The topological polar surface area (TPSA) is 66.6 Å². The van der Waals surface area contributed by atoms with E-state index in [-0.39, 0.29) is 19.1 Å². The number of rotatable bonds is 3. The number of carbonyl (C=O) groups is 1. The Hall–Kier alpha value is -1.88. The van der Waals surface area contributed by atoms with E-state index in [0.29, 0.717) is 11.4 Å². The van der Waals surface area contributed by atoms with Crippen molar-refractivity contribution in [3.63, 3.8) is 0 Å². The third-order valence-corrected chi connectivity index (χ3v) is 2.55. The smallest absolute Gasteiger partial charge is 0.270 e. The number of imidazole rings is 1.